The van der Waals surface area contributed by atoms with Crippen LogP contribution in [0.4, 0.5) is 10.1 Å². The molecule has 1 aliphatic carbocycles. The summed E-state index contributed by atoms with van der Waals surface area (Å²) in [5.41, 5.74) is 0.195. The zero-order valence-electron chi connectivity index (χ0n) is 18.2. The summed E-state index contributed by atoms with van der Waals surface area (Å²) in [6.45, 7) is 5.54. The monoisotopic (exact) mass is 424 g/mol. The Labute approximate surface area is 181 Å². The van der Waals surface area contributed by atoms with Gasteiger partial charge in [0.2, 0.25) is 0 Å². The highest BCUT2D eigenvalue weighted by Gasteiger charge is 2.26. The molecule has 4 rings (SSSR count). The summed E-state index contributed by atoms with van der Waals surface area (Å²) in [5.74, 6) is -0.550. The first-order chi connectivity index (χ1) is 14.8. The number of pyridine rings is 1. The topological polar surface area (TPSA) is 80.0 Å². The van der Waals surface area contributed by atoms with Crippen LogP contribution >= 0.6 is 0 Å². The zero-order valence-corrected chi connectivity index (χ0v) is 18.2. The second kappa shape index (κ2) is 8.38. The number of nitrogens with one attached hydrogen (secondary N) is 1. The van der Waals surface area contributed by atoms with Crippen LogP contribution in [-0.4, -0.2) is 25.8 Å². The van der Waals surface area contributed by atoms with Gasteiger partial charge in [-0.2, -0.15) is 5.10 Å². The van der Waals surface area contributed by atoms with E-state index in [1.165, 1.54) is 37.6 Å². The van der Waals surface area contributed by atoms with Crippen molar-refractivity contribution in [3.8, 4) is 0 Å². The lowest BCUT2D eigenvalue weighted by molar-refractivity contribution is 0.0793. The maximum absolute atomic E-state index is 14.0. The van der Waals surface area contributed by atoms with Gasteiger partial charge in [0.1, 0.15) is 0 Å². The predicted octanol–water partition coefficient (Wildman–Crippen LogP) is 5.19. The summed E-state index contributed by atoms with van der Waals surface area (Å²) in [7, 11) is 0. The number of aromatic nitrogens is 3. The van der Waals surface area contributed by atoms with Gasteiger partial charge < -0.3 is 10.4 Å². The second-order valence-electron chi connectivity index (χ2n) is 9.00. The van der Waals surface area contributed by atoms with Gasteiger partial charge in [-0.25, -0.2) is 9.37 Å². The first-order valence-corrected chi connectivity index (χ1v) is 10.9. The van der Waals surface area contributed by atoms with Gasteiger partial charge in [0, 0.05) is 29.0 Å². The fourth-order valence-electron chi connectivity index (χ4n) is 4.44. The molecular formula is C24H29FN4O2. The lowest BCUT2D eigenvalue weighted by atomic mass is 9.85. The number of carbonyl (C=O) groups excluding carboxylic acids is 1. The van der Waals surface area contributed by atoms with Crippen molar-refractivity contribution in [1.29, 1.82) is 0 Å². The molecule has 1 fully saturated rings. The predicted molar refractivity (Wildman–Crippen MR) is 118 cm³/mol. The van der Waals surface area contributed by atoms with Crippen LogP contribution in [0, 0.1) is 11.7 Å². The summed E-state index contributed by atoms with van der Waals surface area (Å²) in [6, 6.07) is 6.58. The molecule has 0 atom stereocenters. The molecule has 31 heavy (non-hydrogen) atoms. The van der Waals surface area contributed by atoms with E-state index < -0.39 is 17.3 Å². The molecule has 2 N–H and O–H groups in total. The third kappa shape index (κ3) is 4.46. The molecule has 1 amide bonds. The molecule has 1 saturated carbocycles. The van der Waals surface area contributed by atoms with Crippen LogP contribution in [0.15, 0.2) is 36.7 Å². The molecule has 1 aliphatic rings. The molecule has 0 radical (unpaired) electrons. The number of carbonyl (C=O) groups is 1. The number of hydrogen-bond acceptors (Lipinski definition) is 4. The third-order valence-electron chi connectivity index (χ3n) is 6.31. The van der Waals surface area contributed by atoms with Crippen molar-refractivity contribution >= 4 is 22.5 Å². The molecule has 2 heterocycles. The smallest absolute Gasteiger partial charge is 0.277 e. The van der Waals surface area contributed by atoms with Crippen LogP contribution in [0.25, 0.3) is 10.9 Å². The molecule has 6 nitrogen and oxygen atoms in total. The number of nitrogens with zero attached hydrogens (tertiary/aromatic N) is 3. The number of halogens is 1. The van der Waals surface area contributed by atoms with Crippen molar-refractivity contribution in [2.24, 2.45) is 5.92 Å². The third-order valence-corrected chi connectivity index (χ3v) is 6.31. The summed E-state index contributed by atoms with van der Waals surface area (Å²) in [5, 5.41) is 19.1. The maximum atomic E-state index is 14.0. The summed E-state index contributed by atoms with van der Waals surface area (Å²) >= 11 is 0. The molecule has 164 valence electrons. The lowest BCUT2D eigenvalue weighted by Crippen LogP contribution is -2.22. The van der Waals surface area contributed by atoms with Crippen LogP contribution in [0.5, 0.6) is 0 Å². The molecule has 0 aliphatic heterocycles. The van der Waals surface area contributed by atoms with Crippen molar-refractivity contribution in [1.82, 2.24) is 14.8 Å². The number of anilines is 1. The Morgan fingerprint density at radius 3 is 2.68 bits per heavy atom. The normalized spacial score (nSPS) is 19.5. The van der Waals surface area contributed by atoms with E-state index in [-0.39, 0.29) is 5.69 Å². The first-order valence-electron chi connectivity index (χ1n) is 10.9. The molecule has 0 saturated heterocycles. The van der Waals surface area contributed by atoms with Gasteiger partial charge in [-0.15, -0.1) is 0 Å². The molecule has 7 heteroatoms. The highest BCUT2D eigenvalue weighted by atomic mass is 19.1. The highest BCUT2D eigenvalue weighted by molar-refractivity contribution is 6.04. The first kappa shape index (κ1) is 21.4. The molecule has 2 aromatic heterocycles. The maximum Gasteiger partial charge on any atom is 0.277 e. The van der Waals surface area contributed by atoms with Gasteiger partial charge in [-0.05, 0) is 69.7 Å². The number of aliphatic hydroxyl groups is 1. The molecule has 0 unspecified atom stereocenters. The molecular weight excluding hydrogens is 395 g/mol. The largest absolute Gasteiger partial charge is 0.386 e. The Bertz CT molecular complexity index is 1090. The van der Waals surface area contributed by atoms with Gasteiger partial charge >= 0.3 is 0 Å². The minimum Gasteiger partial charge on any atom is -0.386 e. The molecule has 3 aromatic rings. The highest BCUT2D eigenvalue weighted by Crippen LogP contribution is 2.36. The van der Waals surface area contributed by atoms with E-state index in [9.17, 15) is 14.3 Å². The number of hydrogen-bond donors (Lipinski definition) is 2. The van der Waals surface area contributed by atoms with E-state index in [1.807, 2.05) is 10.9 Å². The molecule has 0 spiro atoms. The van der Waals surface area contributed by atoms with Crippen molar-refractivity contribution < 1.29 is 14.3 Å². The van der Waals surface area contributed by atoms with Gasteiger partial charge in [-0.3, -0.25) is 9.48 Å². The Morgan fingerprint density at radius 1 is 1.29 bits per heavy atom. The van der Waals surface area contributed by atoms with Crippen molar-refractivity contribution in [2.75, 3.05) is 5.32 Å². The Hall–Kier alpha value is -2.80. The lowest BCUT2D eigenvalue weighted by Gasteiger charge is -2.27. The van der Waals surface area contributed by atoms with Crippen LogP contribution < -0.4 is 5.32 Å². The quantitative estimate of drug-likeness (QED) is 0.591. The fraction of sp³-hybridized carbons (Fsp3) is 0.458. The Morgan fingerprint density at radius 2 is 2.03 bits per heavy atom. The van der Waals surface area contributed by atoms with Crippen LogP contribution in [0.3, 0.4) is 0 Å². The van der Waals surface area contributed by atoms with Crippen LogP contribution in [0.1, 0.15) is 75.0 Å². The SMILES string of the molecule is CC[C@H]1CC[C@H](n2cc3cc(NC(=O)c4ncccc4F)c(C(C)(C)O)cc3n2)CC1. The Kier molecular flexibility index (Phi) is 5.79. The van der Waals surface area contributed by atoms with E-state index in [0.717, 1.165) is 29.7 Å². The van der Waals surface area contributed by atoms with Crippen molar-refractivity contribution in [2.45, 2.75) is 64.5 Å². The van der Waals surface area contributed by atoms with E-state index in [2.05, 4.69) is 17.2 Å². The van der Waals surface area contributed by atoms with Gasteiger partial charge in [0.05, 0.1) is 17.2 Å². The van der Waals surface area contributed by atoms with E-state index >= 15 is 0 Å². The van der Waals surface area contributed by atoms with E-state index in [0.29, 0.717) is 17.3 Å². The fourth-order valence-corrected chi connectivity index (χ4v) is 4.44. The van der Waals surface area contributed by atoms with E-state index in [4.69, 9.17) is 5.10 Å². The standard InChI is InChI=1S/C24H29FN4O2/c1-4-15-7-9-17(10-8-15)29-14-16-12-21(18(24(2,3)31)13-20(16)28-29)27-23(30)22-19(25)6-5-11-26-22/h5-6,11-15,17,31H,4,7-10H2,1-3H3,(H,27,30)/t15-,17-. The Balaban J connectivity index is 1.67. The van der Waals surface area contributed by atoms with Crippen molar-refractivity contribution in [3.63, 3.8) is 0 Å². The summed E-state index contributed by atoms with van der Waals surface area (Å²) in [6.07, 6.45) is 9.22. The average molecular weight is 425 g/mol. The summed E-state index contributed by atoms with van der Waals surface area (Å²) < 4.78 is 16.0. The van der Waals surface area contributed by atoms with Crippen LogP contribution in [0.2, 0.25) is 0 Å². The van der Waals surface area contributed by atoms with E-state index in [1.54, 1.807) is 26.0 Å². The molecule has 1 aromatic carbocycles. The number of benzene rings is 1. The summed E-state index contributed by atoms with van der Waals surface area (Å²) in [4.78, 5) is 16.5. The molecule has 0 bridgehead atoms. The van der Waals surface area contributed by atoms with Gasteiger partial charge in [-0.1, -0.05) is 13.3 Å². The minimum atomic E-state index is -1.22. The number of amides is 1. The van der Waals surface area contributed by atoms with Crippen molar-refractivity contribution in [3.05, 3.63) is 53.7 Å². The minimum absolute atomic E-state index is 0.285. The van der Waals surface area contributed by atoms with Gasteiger partial charge in [0.25, 0.3) is 5.91 Å². The zero-order chi connectivity index (χ0) is 22.2. The number of fused-ring (bicyclic) bond motifs is 1. The van der Waals surface area contributed by atoms with Gasteiger partial charge in [0.15, 0.2) is 11.5 Å². The second-order valence-corrected chi connectivity index (χ2v) is 9.00. The average Bonchev–Trinajstić information content (AvgIpc) is 3.16. The number of rotatable bonds is 5. The van der Waals surface area contributed by atoms with Crippen LogP contribution in [-0.2, 0) is 5.60 Å².